The van der Waals surface area contributed by atoms with Crippen LogP contribution in [-0.2, 0) is 0 Å². The van der Waals surface area contributed by atoms with Crippen molar-refractivity contribution in [2.75, 3.05) is 24.6 Å². The fraction of sp³-hybridized carbons (Fsp3) is 1.00. The van der Waals surface area contributed by atoms with Gasteiger partial charge in [-0.1, -0.05) is 0 Å². The van der Waals surface area contributed by atoms with Gasteiger partial charge in [-0.2, -0.15) is 0 Å². The molecule has 0 spiro atoms. The summed E-state index contributed by atoms with van der Waals surface area (Å²) in [6, 6.07) is 0. The Balaban J connectivity index is 4.32. The zero-order valence-corrected chi connectivity index (χ0v) is 14.0. The number of unbranched alkanes of at least 4 members (excludes halogenated alkanes) is 4. The van der Waals surface area contributed by atoms with Crippen LogP contribution in [0.4, 0.5) is 0 Å². The van der Waals surface area contributed by atoms with E-state index in [1.165, 1.54) is 51.4 Å². The fourth-order valence-corrected chi connectivity index (χ4v) is 8.90. The van der Waals surface area contributed by atoms with Crippen LogP contribution in [0, 0.1) is 0 Å². The van der Waals surface area contributed by atoms with E-state index in [1.807, 2.05) is 0 Å². The van der Waals surface area contributed by atoms with Crippen LogP contribution in [0.1, 0.15) is 79.1 Å². The summed E-state index contributed by atoms with van der Waals surface area (Å²) in [5, 5.41) is 0. The third-order valence-corrected chi connectivity index (χ3v) is 10.0. The Hall–Kier alpha value is 0.430. The van der Waals surface area contributed by atoms with Crippen molar-refractivity contribution in [1.29, 1.82) is 0 Å². The van der Waals surface area contributed by atoms with Crippen LogP contribution in [0.2, 0.25) is 0 Å². The van der Waals surface area contributed by atoms with Crippen molar-refractivity contribution in [1.82, 2.24) is 0 Å². The molecule has 17 heavy (non-hydrogen) atoms. The predicted octanol–water partition coefficient (Wildman–Crippen LogP) is 5.94. The molecule has 0 aromatic heterocycles. The van der Waals surface area contributed by atoms with E-state index in [-0.39, 0.29) is 0 Å². The molecule has 0 amide bonds. The van der Waals surface area contributed by atoms with Gasteiger partial charge in [0, 0.05) is 0 Å². The molecular weight excluding hydrogens is 223 g/mol. The van der Waals surface area contributed by atoms with Crippen LogP contribution >= 0.6 is 7.26 Å². The molecule has 0 saturated carbocycles. The van der Waals surface area contributed by atoms with Gasteiger partial charge in [0.05, 0.1) is 0 Å². The van der Waals surface area contributed by atoms with E-state index in [1.54, 1.807) is 24.6 Å². The van der Waals surface area contributed by atoms with Crippen molar-refractivity contribution in [3.05, 3.63) is 0 Å². The van der Waals surface area contributed by atoms with Crippen LogP contribution in [-0.4, -0.2) is 24.6 Å². The molecule has 0 saturated heterocycles. The first kappa shape index (κ1) is 17.4. The van der Waals surface area contributed by atoms with Crippen molar-refractivity contribution in [3.8, 4) is 0 Å². The summed E-state index contributed by atoms with van der Waals surface area (Å²) in [7, 11) is -0.875. The van der Waals surface area contributed by atoms with E-state index >= 15 is 0 Å². The molecule has 106 valence electrons. The van der Waals surface area contributed by atoms with E-state index in [0.29, 0.717) is 0 Å². The summed E-state index contributed by atoms with van der Waals surface area (Å²) in [6.07, 6.45) is 18.1. The first-order valence-electron chi connectivity index (χ1n) is 8.24. The SMILES string of the molecule is CCCCC[PH](CCC)(CCCC)CCCC. The Morgan fingerprint density at radius 3 is 1.35 bits per heavy atom. The quantitative estimate of drug-likeness (QED) is 0.301. The van der Waals surface area contributed by atoms with Gasteiger partial charge in [-0.05, 0) is 0 Å². The molecule has 1 heteroatoms. The molecule has 0 fully saturated rings. The Kier molecular flexibility index (Phi) is 11.8. The van der Waals surface area contributed by atoms with Gasteiger partial charge in [-0.25, -0.2) is 0 Å². The van der Waals surface area contributed by atoms with E-state index in [4.69, 9.17) is 0 Å². The number of hydrogen-bond donors (Lipinski definition) is 0. The third kappa shape index (κ3) is 8.20. The molecule has 0 aliphatic rings. The summed E-state index contributed by atoms with van der Waals surface area (Å²) in [5.74, 6) is 0. The van der Waals surface area contributed by atoms with Gasteiger partial charge in [0.15, 0.2) is 0 Å². The predicted molar refractivity (Wildman–Crippen MR) is 87.4 cm³/mol. The zero-order chi connectivity index (χ0) is 13.0. The van der Waals surface area contributed by atoms with Crippen LogP contribution in [0.5, 0.6) is 0 Å². The van der Waals surface area contributed by atoms with Gasteiger partial charge >= 0.3 is 111 Å². The summed E-state index contributed by atoms with van der Waals surface area (Å²) < 4.78 is 0. The molecule has 0 radical (unpaired) electrons. The molecule has 0 nitrogen and oxygen atoms in total. The van der Waals surface area contributed by atoms with Crippen molar-refractivity contribution in [3.63, 3.8) is 0 Å². The molecule has 0 rings (SSSR count). The second-order valence-corrected chi connectivity index (χ2v) is 10.9. The van der Waals surface area contributed by atoms with Gasteiger partial charge in [0.25, 0.3) is 0 Å². The standard InChI is InChI=1S/C16H37P/c1-5-9-12-16-17(13-8-4,14-10-6-2)15-11-7-3/h17H,5-16H2,1-4H3. The Morgan fingerprint density at radius 1 is 0.471 bits per heavy atom. The van der Waals surface area contributed by atoms with Crippen LogP contribution in [0.15, 0.2) is 0 Å². The molecule has 0 N–H and O–H groups in total. The summed E-state index contributed by atoms with van der Waals surface area (Å²) >= 11 is 0. The van der Waals surface area contributed by atoms with Crippen molar-refractivity contribution < 1.29 is 0 Å². The maximum atomic E-state index is 2.40. The minimum absolute atomic E-state index is 0.875. The molecule has 0 aliphatic heterocycles. The summed E-state index contributed by atoms with van der Waals surface area (Å²) in [5.41, 5.74) is 0. The minimum atomic E-state index is -0.875. The summed E-state index contributed by atoms with van der Waals surface area (Å²) in [6.45, 7) is 9.45. The fourth-order valence-electron chi connectivity index (χ4n) is 3.13. The number of rotatable bonds is 12. The average Bonchev–Trinajstić information content (AvgIpc) is 2.34. The Labute approximate surface area is 111 Å². The maximum absolute atomic E-state index is 2.40. The average molecular weight is 260 g/mol. The second kappa shape index (κ2) is 11.5. The second-order valence-electron chi connectivity index (χ2n) is 5.91. The first-order valence-corrected chi connectivity index (χ1v) is 11.1. The normalized spacial score (nSPS) is 12.9. The Morgan fingerprint density at radius 2 is 0.941 bits per heavy atom. The van der Waals surface area contributed by atoms with Crippen molar-refractivity contribution >= 4 is 7.26 Å². The Bertz CT molecular complexity index is 146. The topological polar surface area (TPSA) is 0 Å². The van der Waals surface area contributed by atoms with E-state index < -0.39 is 7.26 Å². The van der Waals surface area contributed by atoms with Crippen molar-refractivity contribution in [2.24, 2.45) is 0 Å². The zero-order valence-electron chi connectivity index (χ0n) is 13.0. The van der Waals surface area contributed by atoms with Gasteiger partial charge in [-0.3, -0.25) is 0 Å². The molecule has 0 bridgehead atoms. The molecule has 0 aliphatic carbocycles. The first-order chi connectivity index (χ1) is 8.24. The van der Waals surface area contributed by atoms with Crippen LogP contribution in [0.25, 0.3) is 0 Å². The van der Waals surface area contributed by atoms with Crippen LogP contribution < -0.4 is 0 Å². The molecule has 0 aromatic carbocycles. The molecule has 0 unspecified atom stereocenters. The molecule has 0 atom stereocenters. The third-order valence-electron chi connectivity index (χ3n) is 4.21. The van der Waals surface area contributed by atoms with Gasteiger partial charge in [-0.15, -0.1) is 0 Å². The van der Waals surface area contributed by atoms with E-state index in [9.17, 15) is 0 Å². The van der Waals surface area contributed by atoms with Crippen LogP contribution in [0.3, 0.4) is 0 Å². The van der Waals surface area contributed by atoms with E-state index in [0.717, 1.165) is 0 Å². The van der Waals surface area contributed by atoms with Gasteiger partial charge in [0.2, 0.25) is 0 Å². The molecule has 0 aromatic rings. The number of hydrogen-bond acceptors (Lipinski definition) is 0. The molecular formula is C16H37P. The molecule has 0 heterocycles. The van der Waals surface area contributed by atoms with Crippen molar-refractivity contribution in [2.45, 2.75) is 79.1 Å². The van der Waals surface area contributed by atoms with Gasteiger partial charge < -0.3 is 0 Å². The summed E-state index contributed by atoms with van der Waals surface area (Å²) in [4.78, 5) is 0. The van der Waals surface area contributed by atoms with Gasteiger partial charge in [0.1, 0.15) is 0 Å². The monoisotopic (exact) mass is 260 g/mol. The van der Waals surface area contributed by atoms with E-state index in [2.05, 4.69) is 27.7 Å².